The second-order valence-electron chi connectivity index (χ2n) is 3.00. The number of hydrogen-bond donors (Lipinski definition) is 1. The van der Waals surface area contributed by atoms with Crippen LogP contribution in [0.25, 0.3) is 0 Å². The molecule has 0 bridgehead atoms. The minimum Gasteiger partial charge on any atom is -0.386 e. The summed E-state index contributed by atoms with van der Waals surface area (Å²) in [4.78, 5) is 10.5. The zero-order chi connectivity index (χ0) is 8.36. The van der Waals surface area contributed by atoms with Crippen LogP contribution in [0.3, 0.4) is 0 Å². The summed E-state index contributed by atoms with van der Waals surface area (Å²) >= 11 is 0. The third-order valence-electron chi connectivity index (χ3n) is 1.38. The van der Waals surface area contributed by atoms with Gasteiger partial charge in [-0.15, -0.1) is 0 Å². The van der Waals surface area contributed by atoms with Crippen molar-refractivity contribution in [2.24, 2.45) is 0 Å². The largest absolute Gasteiger partial charge is 0.386 e. The van der Waals surface area contributed by atoms with E-state index in [2.05, 4.69) is 0 Å². The number of aliphatic hydroxyl groups is 1. The second kappa shape index (κ2) is 2.97. The summed E-state index contributed by atoms with van der Waals surface area (Å²) in [5.41, 5.74) is -0.175. The van der Waals surface area contributed by atoms with Gasteiger partial charge in [0.25, 0.3) is 0 Å². The monoisotopic (exact) mass is 142 g/mol. The Morgan fingerprint density at radius 3 is 1.90 bits per heavy atom. The molecule has 0 heterocycles. The lowest BCUT2D eigenvalue weighted by Crippen LogP contribution is -2.20. The van der Waals surface area contributed by atoms with Gasteiger partial charge in [0.2, 0.25) is 0 Å². The number of carbonyl (C=O) groups excluding carboxylic acids is 1. The predicted molar refractivity (Wildman–Crippen MR) is 40.7 cm³/mol. The predicted octanol–water partition coefficient (Wildman–Crippen LogP) is 1.29. The standard InChI is InChI=1S/C8H14O2/c1-6(5-7(2)9)8(3,4)10/h5,10H,1-4H3/b6-5+. The van der Waals surface area contributed by atoms with E-state index < -0.39 is 5.60 Å². The number of hydrogen-bond acceptors (Lipinski definition) is 2. The van der Waals surface area contributed by atoms with Crippen LogP contribution in [0.5, 0.6) is 0 Å². The first-order valence-corrected chi connectivity index (χ1v) is 3.26. The van der Waals surface area contributed by atoms with E-state index in [0.717, 1.165) is 0 Å². The number of allylic oxidation sites excluding steroid dienone is 1. The van der Waals surface area contributed by atoms with Gasteiger partial charge in [-0.1, -0.05) is 0 Å². The lowest BCUT2D eigenvalue weighted by Gasteiger charge is -2.17. The average molecular weight is 142 g/mol. The smallest absolute Gasteiger partial charge is 0.152 e. The van der Waals surface area contributed by atoms with Gasteiger partial charge < -0.3 is 5.11 Å². The van der Waals surface area contributed by atoms with Crippen molar-refractivity contribution in [2.75, 3.05) is 0 Å². The van der Waals surface area contributed by atoms with Crippen molar-refractivity contribution in [1.29, 1.82) is 0 Å². The molecule has 0 spiro atoms. The molecule has 0 rings (SSSR count). The Labute approximate surface area is 61.6 Å². The summed E-state index contributed by atoms with van der Waals surface area (Å²) in [6, 6.07) is 0. The van der Waals surface area contributed by atoms with Gasteiger partial charge in [-0.05, 0) is 39.3 Å². The molecule has 0 fully saturated rings. The first kappa shape index (κ1) is 9.37. The van der Waals surface area contributed by atoms with Gasteiger partial charge in [0.05, 0.1) is 5.60 Å². The van der Waals surface area contributed by atoms with Gasteiger partial charge in [-0.25, -0.2) is 0 Å². The average Bonchev–Trinajstić information content (AvgIpc) is 1.60. The molecule has 0 atom stereocenters. The molecule has 0 saturated heterocycles. The Balaban J connectivity index is 4.35. The summed E-state index contributed by atoms with van der Waals surface area (Å²) < 4.78 is 0. The van der Waals surface area contributed by atoms with Gasteiger partial charge in [-0.2, -0.15) is 0 Å². The fourth-order valence-corrected chi connectivity index (χ4v) is 0.482. The quantitative estimate of drug-likeness (QED) is 0.590. The normalized spacial score (nSPS) is 13.5. The van der Waals surface area contributed by atoms with Crippen LogP contribution in [-0.2, 0) is 4.79 Å². The summed E-state index contributed by atoms with van der Waals surface area (Å²) in [5.74, 6) is -0.0281. The zero-order valence-electron chi connectivity index (χ0n) is 6.93. The lowest BCUT2D eigenvalue weighted by molar-refractivity contribution is -0.112. The molecule has 1 N–H and O–H groups in total. The molecule has 0 aromatic rings. The highest BCUT2D eigenvalue weighted by atomic mass is 16.3. The fraction of sp³-hybridized carbons (Fsp3) is 0.625. The Hall–Kier alpha value is -0.630. The topological polar surface area (TPSA) is 37.3 Å². The number of ketones is 1. The van der Waals surface area contributed by atoms with Crippen molar-refractivity contribution in [3.8, 4) is 0 Å². The third-order valence-corrected chi connectivity index (χ3v) is 1.38. The van der Waals surface area contributed by atoms with E-state index in [9.17, 15) is 9.90 Å². The highest BCUT2D eigenvalue weighted by Crippen LogP contribution is 2.13. The molecule has 0 aliphatic carbocycles. The highest BCUT2D eigenvalue weighted by Gasteiger charge is 2.14. The maximum Gasteiger partial charge on any atom is 0.152 e. The Kier molecular flexibility index (Phi) is 2.78. The molecule has 10 heavy (non-hydrogen) atoms. The van der Waals surface area contributed by atoms with Gasteiger partial charge in [-0.3, -0.25) is 4.79 Å². The Morgan fingerprint density at radius 1 is 1.40 bits per heavy atom. The molecule has 0 aromatic heterocycles. The summed E-state index contributed by atoms with van der Waals surface area (Å²) in [5, 5.41) is 9.31. The first-order chi connectivity index (χ1) is 4.34. The van der Waals surface area contributed by atoms with Crippen molar-refractivity contribution in [3.63, 3.8) is 0 Å². The van der Waals surface area contributed by atoms with Crippen molar-refractivity contribution in [3.05, 3.63) is 11.6 Å². The van der Waals surface area contributed by atoms with E-state index in [1.807, 2.05) is 0 Å². The van der Waals surface area contributed by atoms with Crippen molar-refractivity contribution in [2.45, 2.75) is 33.3 Å². The highest BCUT2D eigenvalue weighted by molar-refractivity contribution is 5.88. The van der Waals surface area contributed by atoms with E-state index in [1.165, 1.54) is 13.0 Å². The summed E-state index contributed by atoms with van der Waals surface area (Å²) in [6.45, 7) is 6.51. The Bertz CT molecular complexity index is 161. The molecular weight excluding hydrogens is 128 g/mol. The van der Waals surface area contributed by atoms with Crippen LogP contribution in [0.4, 0.5) is 0 Å². The van der Waals surface area contributed by atoms with Crippen LogP contribution in [0.2, 0.25) is 0 Å². The van der Waals surface area contributed by atoms with Gasteiger partial charge >= 0.3 is 0 Å². The first-order valence-electron chi connectivity index (χ1n) is 3.26. The van der Waals surface area contributed by atoms with Crippen molar-refractivity contribution >= 4 is 5.78 Å². The molecule has 0 amide bonds. The van der Waals surface area contributed by atoms with Gasteiger partial charge in [0, 0.05) is 0 Å². The van der Waals surface area contributed by atoms with Gasteiger partial charge in [0.1, 0.15) is 0 Å². The maximum atomic E-state index is 10.5. The summed E-state index contributed by atoms with van der Waals surface area (Å²) in [6.07, 6.45) is 1.44. The molecule has 0 aliphatic rings. The van der Waals surface area contributed by atoms with Crippen LogP contribution in [0, 0.1) is 0 Å². The molecule has 2 heteroatoms. The molecular formula is C8H14O2. The second-order valence-corrected chi connectivity index (χ2v) is 3.00. The van der Waals surface area contributed by atoms with E-state index >= 15 is 0 Å². The van der Waals surface area contributed by atoms with Crippen molar-refractivity contribution in [1.82, 2.24) is 0 Å². The molecule has 0 aromatic carbocycles. The van der Waals surface area contributed by atoms with Crippen LogP contribution in [0.1, 0.15) is 27.7 Å². The Morgan fingerprint density at radius 2 is 1.80 bits per heavy atom. The third kappa shape index (κ3) is 3.41. The van der Waals surface area contributed by atoms with Crippen molar-refractivity contribution < 1.29 is 9.90 Å². The number of carbonyl (C=O) groups is 1. The minimum absolute atomic E-state index is 0.0281. The van der Waals surface area contributed by atoms with Crippen LogP contribution in [-0.4, -0.2) is 16.5 Å². The SMILES string of the molecule is CC(=O)/C=C(\C)C(C)(C)O. The molecule has 0 saturated carbocycles. The van der Waals surface area contributed by atoms with Crippen LogP contribution < -0.4 is 0 Å². The van der Waals surface area contributed by atoms with E-state index in [0.29, 0.717) is 5.57 Å². The van der Waals surface area contributed by atoms with E-state index in [1.54, 1.807) is 20.8 Å². The zero-order valence-corrected chi connectivity index (χ0v) is 6.93. The van der Waals surface area contributed by atoms with Crippen LogP contribution >= 0.6 is 0 Å². The van der Waals surface area contributed by atoms with E-state index in [4.69, 9.17) is 0 Å². The molecule has 0 aliphatic heterocycles. The van der Waals surface area contributed by atoms with Gasteiger partial charge in [0.15, 0.2) is 5.78 Å². The minimum atomic E-state index is -0.869. The van der Waals surface area contributed by atoms with Crippen LogP contribution in [0.15, 0.2) is 11.6 Å². The maximum absolute atomic E-state index is 10.5. The fourth-order valence-electron chi connectivity index (χ4n) is 0.482. The molecule has 2 nitrogen and oxygen atoms in total. The lowest BCUT2D eigenvalue weighted by atomic mass is 9.99. The van der Waals surface area contributed by atoms with E-state index in [-0.39, 0.29) is 5.78 Å². The molecule has 0 unspecified atom stereocenters. The number of rotatable bonds is 2. The summed E-state index contributed by atoms with van der Waals surface area (Å²) in [7, 11) is 0. The molecule has 58 valence electrons. The molecule has 0 radical (unpaired) electrons.